The van der Waals surface area contributed by atoms with Gasteiger partial charge in [-0.05, 0) is 30.0 Å². The number of pyridine rings is 1. The molecule has 0 bridgehead atoms. The minimum atomic E-state index is 0.0978. The van der Waals surface area contributed by atoms with Crippen molar-refractivity contribution in [3.05, 3.63) is 23.9 Å². The zero-order chi connectivity index (χ0) is 10.7. The summed E-state index contributed by atoms with van der Waals surface area (Å²) >= 11 is 0. The molecule has 3 nitrogen and oxygen atoms in total. The Kier molecular flexibility index (Phi) is 3.21. The third-order valence-corrected chi connectivity index (χ3v) is 3.18. The molecule has 0 radical (unpaired) electrons. The Morgan fingerprint density at radius 3 is 3.13 bits per heavy atom. The summed E-state index contributed by atoms with van der Waals surface area (Å²) in [6.45, 7) is 4.55. The van der Waals surface area contributed by atoms with Gasteiger partial charge in [0.1, 0.15) is 5.82 Å². The molecule has 0 amide bonds. The van der Waals surface area contributed by atoms with E-state index in [2.05, 4.69) is 16.8 Å². The van der Waals surface area contributed by atoms with E-state index in [0.29, 0.717) is 0 Å². The van der Waals surface area contributed by atoms with Gasteiger partial charge in [-0.15, -0.1) is 0 Å². The number of nitrogens with zero attached hydrogens (tertiary/aromatic N) is 2. The molecule has 0 spiro atoms. The summed E-state index contributed by atoms with van der Waals surface area (Å²) in [6.07, 6.45) is 4.29. The summed E-state index contributed by atoms with van der Waals surface area (Å²) in [5.41, 5.74) is 0.944. The fourth-order valence-corrected chi connectivity index (χ4v) is 2.11. The Morgan fingerprint density at radius 2 is 2.47 bits per heavy atom. The molecule has 82 valence electrons. The third kappa shape index (κ3) is 2.29. The van der Waals surface area contributed by atoms with Crippen LogP contribution in [-0.2, 0) is 6.61 Å². The Balaban J connectivity index is 2.09. The van der Waals surface area contributed by atoms with Gasteiger partial charge in [0.25, 0.3) is 0 Å². The first-order chi connectivity index (χ1) is 7.33. The summed E-state index contributed by atoms with van der Waals surface area (Å²) < 4.78 is 0. The fraction of sp³-hybridized carbons (Fsp3) is 0.583. The number of anilines is 1. The van der Waals surface area contributed by atoms with Crippen LogP contribution in [0.4, 0.5) is 5.82 Å². The molecule has 1 aliphatic heterocycles. The van der Waals surface area contributed by atoms with Crippen LogP contribution in [0.2, 0.25) is 0 Å². The molecular formula is C12H18N2O. The van der Waals surface area contributed by atoms with Crippen molar-refractivity contribution in [2.75, 3.05) is 18.0 Å². The standard InChI is InChI=1S/C12H18N2O/c1-2-10-4-6-14(8-10)12-7-11(9-15)3-5-13-12/h3,5,7,10,15H,2,4,6,8-9H2,1H3. The first-order valence-electron chi connectivity index (χ1n) is 5.64. The van der Waals surface area contributed by atoms with E-state index in [1.54, 1.807) is 6.20 Å². The molecule has 2 rings (SSSR count). The summed E-state index contributed by atoms with van der Waals surface area (Å²) in [6, 6.07) is 3.84. The monoisotopic (exact) mass is 206 g/mol. The summed E-state index contributed by atoms with van der Waals surface area (Å²) in [7, 11) is 0. The Bertz CT molecular complexity index is 327. The molecule has 1 aromatic heterocycles. The topological polar surface area (TPSA) is 36.4 Å². The maximum atomic E-state index is 9.06. The number of rotatable bonds is 3. The molecule has 0 aliphatic carbocycles. The lowest BCUT2D eigenvalue weighted by Gasteiger charge is -2.17. The van der Waals surface area contributed by atoms with Crippen LogP contribution in [0.25, 0.3) is 0 Å². The van der Waals surface area contributed by atoms with Gasteiger partial charge in [-0.3, -0.25) is 0 Å². The van der Waals surface area contributed by atoms with Gasteiger partial charge in [0.05, 0.1) is 6.61 Å². The van der Waals surface area contributed by atoms with Gasteiger partial charge < -0.3 is 10.0 Å². The van der Waals surface area contributed by atoms with E-state index in [9.17, 15) is 0 Å². The van der Waals surface area contributed by atoms with Crippen molar-refractivity contribution >= 4 is 5.82 Å². The number of hydrogen-bond acceptors (Lipinski definition) is 3. The lowest BCUT2D eigenvalue weighted by atomic mass is 10.1. The Hall–Kier alpha value is -1.09. The van der Waals surface area contributed by atoms with Crippen molar-refractivity contribution in [2.45, 2.75) is 26.4 Å². The van der Waals surface area contributed by atoms with Crippen LogP contribution in [-0.4, -0.2) is 23.2 Å². The van der Waals surface area contributed by atoms with Crippen LogP contribution in [0.15, 0.2) is 18.3 Å². The minimum absolute atomic E-state index is 0.0978. The van der Waals surface area contributed by atoms with Crippen LogP contribution >= 0.6 is 0 Å². The zero-order valence-corrected chi connectivity index (χ0v) is 9.19. The van der Waals surface area contributed by atoms with Crippen molar-refractivity contribution in [3.8, 4) is 0 Å². The maximum absolute atomic E-state index is 9.06. The number of aliphatic hydroxyl groups is 1. The highest BCUT2D eigenvalue weighted by Crippen LogP contribution is 2.24. The van der Waals surface area contributed by atoms with E-state index in [4.69, 9.17) is 5.11 Å². The highest BCUT2D eigenvalue weighted by molar-refractivity contribution is 5.41. The average Bonchev–Trinajstić information content (AvgIpc) is 2.78. The average molecular weight is 206 g/mol. The molecule has 1 atom stereocenters. The first-order valence-corrected chi connectivity index (χ1v) is 5.64. The molecule has 1 fully saturated rings. The summed E-state index contributed by atoms with van der Waals surface area (Å²) in [5.74, 6) is 1.82. The van der Waals surface area contributed by atoms with E-state index in [-0.39, 0.29) is 6.61 Å². The van der Waals surface area contributed by atoms with E-state index < -0.39 is 0 Å². The van der Waals surface area contributed by atoms with Crippen LogP contribution < -0.4 is 4.90 Å². The van der Waals surface area contributed by atoms with Crippen molar-refractivity contribution in [2.24, 2.45) is 5.92 Å². The molecule has 1 N–H and O–H groups in total. The summed E-state index contributed by atoms with van der Waals surface area (Å²) in [5, 5.41) is 9.06. The lowest BCUT2D eigenvalue weighted by Crippen LogP contribution is -2.20. The Labute approximate surface area is 90.8 Å². The van der Waals surface area contributed by atoms with Crippen molar-refractivity contribution in [1.82, 2.24) is 4.98 Å². The maximum Gasteiger partial charge on any atom is 0.128 e. The van der Waals surface area contributed by atoms with E-state index in [1.165, 1.54) is 12.8 Å². The molecule has 15 heavy (non-hydrogen) atoms. The van der Waals surface area contributed by atoms with Crippen molar-refractivity contribution in [1.29, 1.82) is 0 Å². The number of hydrogen-bond donors (Lipinski definition) is 1. The van der Waals surface area contributed by atoms with Gasteiger partial charge in [0.15, 0.2) is 0 Å². The van der Waals surface area contributed by atoms with Crippen molar-refractivity contribution < 1.29 is 5.11 Å². The van der Waals surface area contributed by atoms with E-state index in [0.717, 1.165) is 30.4 Å². The van der Waals surface area contributed by atoms with Crippen molar-refractivity contribution in [3.63, 3.8) is 0 Å². The predicted octanol–water partition coefficient (Wildman–Crippen LogP) is 1.81. The lowest BCUT2D eigenvalue weighted by molar-refractivity contribution is 0.281. The fourth-order valence-electron chi connectivity index (χ4n) is 2.11. The largest absolute Gasteiger partial charge is 0.392 e. The molecule has 3 heteroatoms. The molecule has 1 saturated heterocycles. The first kappa shape index (κ1) is 10.4. The van der Waals surface area contributed by atoms with Gasteiger partial charge in [0.2, 0.25) is 0 Å². The minimum Gasteiger partial charge on any atom is -0.392 e. The van der Waals surface area contributed by atoms with E-state index in [1.807, 2.05) is 12.1 Å². The second kappa shape index (κ2) is 4.62. The molecule has 1 unspecified atom stereocenters. The molecule has 0 saturated carbocycles. The van der Waals surface area contributed by atoms with Gasteiger partial charge in [-0.2, -0.15) is 0 Å². The SMILES string of the molecule is CCC1CCN(c2cc(CO)ccn2)C1. The van der Waals surface area contributed by atoms with Gasteiger partial charge in [-0.25, -0.2) is 4.98 Å². The van der Waals surface area contributed by atoms with Crippen LogP contribution in [0.3, 0.4) is 0 Å². The predicted molar refractivity (Wildman–Crippen MR) is 60.8 cm³/mol. The molecule has 0 aromatic carbocycles. The van der Waals surface area contributed by atoms with Crippen LogP contribution in [0.5, 0.6) is 0 Å². The quantitative estimate of drug-likeness (QED) is 0.819. The highest BCUT2D eigenvalue weighted by Gasteiger charge is 2.21. The second-order valence-corrected chi connectivity index (χ2v) is 4.19. The highest BCUT2D eigenvalue weighted by atomic mass is 16.3. The molecule has 2 heterocycles. The second-order valence-electron chi connectivity index (χ2n) is 4.19. The number of aliphatic hydroxyl groups excluding tert-OH is 1. The van der Waals surface area contributed by atoms with Gasteiger partial charge in [0, 0.05) is 19.3 Å². The summed E-state index contributed by atoms with van der Waals surface area (Å²) in [4.78, 5) is 6.67. The van der Waals surface area contributed by atoms with E-state index >= 15 is 0 Å². The molecule has 1 aliphatic rings. The van der Waals surface area contributed by atoms with Gasteiger partial charge in [-0.1, -0.05) is 13.3 Å². The van der Waals surface area contributed by atoms with Crippen LogP contribution in [0.1, 0.15) is 25.3 Å². The normalized spacial score (nSPS) is 20.9. The van der Waals surface area contributed by atoms with Crippen LogP contribution in [0, 0.1) is 5.92 Å². The molecular weight excluding hydrogens is 188 g/mol. The zero-order valence-electron chi connectivity index (χ0n) is 9.19. The smallest absolute Gasteiger partial charge is 0.128 e. The third-order valence-electron chi connectivity index (χ3n) is 3.18. The molecule has 1 aromatic rings. The number of aromatic nitrogens is 1. The Morgan fingerprint density at radius 1 is 1.60 bits per heavy atom. The van der Waals surface area contributed by atoms with Gasteiger partial charge >= 0.3 is 0 Å².